The highest BCUT2D eigenvalue weighted by molar-refractivity contribution is 14.0. The molecule has 9 nitrogen and oxygen atoms in total. The number of sulfone groups is 1. The van der Waals surface area contributed by atoms with Crippen molar-refractivity contribution in [3.63, 3.8) is 0 Å². The Morgan fingerprint density at radius 2 is 1.97 bits per heavy atom. The summed E-state index contributed by atoms with van der Waals surface area (Å²) in [7, 11) is -3.49. The van der Waals surface area contributed by atoms with Gasteiger partial charge in [0, 0.05) is 45.1 Å². The Labute approximate surface area is 198 Å². The summed E-state index contributed by atoms with van der Waals surface area (Å²) in [6, 6.07) is 5.03. The highest BCUT2D eigenvalue weighted by atomic mass is 127. The van der Waals surface area contributed by atoms with Crippen LogP contribution in [0.4, 0.5) is 5.95 Å². The van der Waals surface area contributed by atoms with Gasteiger partial charge in [0.05, 0.1) is 18.4 Å². The largest absolute Gasteiger partial charge is 0.390 e. The third-order valence-corrected chi connectivity index (χ3v) is 7.70. The van der Waals surface area contributed by atoms with Crippen molar-refractivity contribution in [1.82, 2.24) is 20.2 Å². The first-order chi connectivity index (χ1) is 14.0. The SMILES string of the molecule is CCNC(=NCC(O)CS(=O)(=O)c1cccs1)N1CCN(c2ncccn2)CC1.I. The molecule has 3 rings (SSSR count). The van der Waals surface area contributed by atoms with Gasteiger partial charge in [-0.15, -0.1) is 35.3 Å². The van der Waals surface area contributed by atoms with Crippen LogP contribution in [0.15, 0.2) is 45.2 Å². The third kappa shape index (κ3) is 6.75. The lowest BCUT2D eigenvalue weighted by atomic mass is 10.3. The van der Waals surface area contributed by atoms with E-state index in [9.17, 15) is 13.5 Å². The highest BCUT2D eigenvalue weighted by Gasteiger charge is 2.23. The van der Waals surface area contributed by atoms with Crippen LogP contribution in [0.1, 0.15) is 6.92 Å². The summed E-state index contributed by atoms with van der Waals surface area (Å²) < 4.78 is 24.9. The molecule has 1 fully saturated rings. The van der Waals surface area contributed by atoms with Crippen LogP contribution < -0.4 is 10.2 Å². The van der Waals surface area contributed by atoms with Gasteiger partial charge in [0.15, 0.2) is 15.8 Å². The maximum Gasteiger partial charge on any atom is 0.225 e. The zero-order valence-corrected chi connectivity index (χ0v) is 20.7. The van der Waals surface area contributed by atoms with Crippen LogP contribution in [0.25, 0.3) is 0 Å². The molecule has 0 bridgehead atoms. The summed E-state index contributed by atoms with van der Waals surface area (Å²) >= 11 is 1.16. The Kier molecular flexibility index (Phi) is 9.71. The average molecular weight is 566 g/mol. The number of hydrogen-bond donors (Lipinski definition) is 2. The topological polar surface area (TPSA) is 111 Å². The second kappa shape index (κ2) is 11.8. The van der Waals surface area contributed by atoms with Crippen LogP contribution in [0.5, 0.6) is 0 Å². The molecule has 1 aliphatic rings. The predicted molar refractivity (Wildman–Crippen MR) is 130 cm³/mol. The number of guanidine groups is 1. The number of aromatic nitrogens is 2. The second-order valence-electron chi connectivity index (χ2n) is 6.58. The number of nitrogens with one attached hydrogen (secondary N) is 1. The van der Waals surface area contributed by atoms with Crippen molar-refractivity contribution in [3.05, 3.63) is 36.0 Å². The number of piperazine rings is 1. The van der Waals surface area contributed by atoms with E-state index in [4.69, 9.17) is 0 Å². The first kappa shape index (κ1) is 24.8. The Balaban J connectivity index is 0.00000320. The maximum atomic E-state index is 12.3. The third-order valence-electron chi connectivity index (χ3n) is 4.41. The van der Waals surface area contributed by atoms with Crippen LogP contribution in [-0.4, -0.2) is 85.5 Å². The van der Waals surface area contributed by atoms with E-state index in [1.165, 1.54) is 0 Å². The first-order valence-electron chi connectivity index (χ1n) is 9.49. The number of aliphatic hydroxyl groups excluding tert-OH is 1. The molecular weight excluding hydrogens is 539 g/mol. The van der Waals surface area contributed by atoms with Crippen LogP contribution >= 0.6 is 35.3 Å². The standard InChI is InChI=1S/C18H26N6O3S2.HI/c1-2-19-17(22-13-15(25)14-29(26,27)16-5-3-12-28-16)23-8-10-24(11-9-23)18-20-6-4-7-21-18;/h3-7,12,15,25H,2,8-11,13-14H2,1H3,(H,19,22);1H. The molecule has 1 unspecified atom stereocenters. The van der Waals surface area contributed by atoms with Crippen molar-refractivity contribution in [2.45, 2.75) is 17.2 Å². The van der Waals surface area contributed by atoms with Crippen molar-refractivity contribution in [2.75, 3.05) is 49.9 Å². The number of thiophene rings is 1. The second-order valence-corrected chi connectivity index (χ2v) is 9.79. The van der Waals surface area contributed by atoms with Crippen molar-refractivity contribution >= 4 is 57.1 Å². The Morgan fingerprint density at radius 1 is 1.27 bits per heavy atom. The molecule has 0 aromatic carbocycles. The number of hydrogen-bond acceptors (Lipinski definition) is 8. The number of rotatable bonds is 7. The highest BCUT2D eigenvalue weighted by Crippen LogP contribution is 2.18. The van der Waals surface area contributed by atoms with Gasteiger partial charge in [-0.2, -0.15) is 0 Å². The summed E-state index contributed by atoms with van der Waals surface area (Å²) in [5.41, 5.74) is 0. The lowest BCUT2D eigenvalue weighted by molar-refractivity contribution is 0.205. The fourth-order valence-corrected chi connectivity index (χ4v) is 5.49. The maximum absolute atomic E-state index is 12.3. The molecule has 30 heavy (non-hydrogen) atoms. The number of aliphatic imine (C=N–C) groups is 1. The molecular formula is C18H27IN6O3S2. The predicted octanol–water partition coefficient (Wildman–Crippen LogP) is 1.08. The van der Waals surface area contributed by atoms with E-state index in [-0.39, 0.29) is 40.5 Å². The molecule has 3 heterocycles. The molecule has 12 heteroatoms. The van der Waals surface area contributed by atoms with Gasteiger partial charge in [-0.1, -0.05) is 6.07 Å². The molecule has 0 aliphatic carbocycles. The van der Waals surface area contributed by atoms with Crippen LogP contribution in [0.3, 0.4) is 0 Å². The average Bonchev–Trinajstić information content (AvgIpc) is 3.28. The molecule has 1 aliphatic heterocycles. The number of nitrogens with zero attached hydrogens (tertiary/aromatic N) is 5. The summed E-state index contributed by atoms with van der Waals surface area (Å²) in [4.78, 5) is 17.3. The van der Waals surface area contributed by atoms with E-state index in [1.54, 1.807) is 36.0 Å². The van der Waals surface area contributed by atoms with Crippen LogP contribution in [-0.2, 0) is 9.84 Å². The zero-order chi connectivity index (χ0) is 20.7. The summed E-state index contributed by atoms with van der Waals surface area (Å²) in [6.45, 7) is 5.65. The normalized spacial score (nSPS) is 16.1. The minimum atomic E-state index is -3.49. The molecule has 0 saturated carbocycles. The molecule has 0 amide bonds. The molecule has 2 aromatic heterocycles. The van der Waals surface area contributed by atoms with Crippen molar-refractivity contribution < 1.29 is 13.5 Å². The van der Waals surface area contributed by atoms with E-state index in [0.29, 0.717) is 18.5 Å². The fourth-order valence-electron chi connectivity index (χ4n) is 3.02. The molecule has 1 saturated heterocycles. The first-order valence-corrected chi connectivity index (χ1v) is 12.0. The van der Waals surface area contributed by atoms with E-state index in [2.05, 4.69) is 30.1 Å². The molecule has 166 valence electrons. The minimum absolute atomic E-state index is 0. The van der Waals surface area contributed by atoms with Gasteiger partial charge in [0.2, 0.25) is 5.95 Å². The van der Waals surface area contributed by atoms with E-state index in [1.807, 2.05) is 6.92 Å². The molecule has 2 N–H and O–H groups in total. The summed E-state index contributed by atoms with van der Waals surface area (Å²) in [5.74, 6) is 1.05. The molecule has 0 spiro atoms. The van der Waals surface area contributed by atoms with Gasteiger partial charge in [0.1, 0.15) is 4.21 Å². The van der Waals surface area contributed by atoms with Crippen molar-refractivity contribution in [3.8, 4) is 0 Å². The van der Waals surface area contributed by atoms with Gasteiger partial charge in [0.25, 0.3) is 0 Å². The van der Waals surface area contributed by atoms with Crippen molar-refractivity contribution in [2.24, 2.45) is 4.99 Å². The van der Waals surface area contributed by atoms with E-state index in [0.717, 1.165) is 37.5 Å². The zero-order valence-electron chi connectivity index (χ0n) is 16.7. The Morgan fingerprint density at radius 3 is 2.57 bits per heavy atom. The van der Waals surface area contributed by atoms with E-state index >= 15 is 0 Å². The molecule has 1 atom stereocenters. The van der Waals surface area contributed by atoms with Gasteiger partial charge >= 0.3 is 0 Å². The van der Waals surface area contributed by atoms with Gasteiger partial charge in [-0.3, -0.25) is 4.99 Å². The Hall–Kier alpha value is -1.51. The lowest BCUT2D eigenvalue weighted by Gasteiger charge is -2.36. The molecule has 2 aromatic rings. The lowest BCUT2D eigenvalue weighted by Crippen LogP contribution is -2.53. The minimum Gasteiger partial charge on any atom is -0.390 e. The van der Waals surface area contributed by atoms with Gasteiger partial charge in [-0.25, -0.2) is 18.4 Å². The Bertz CT molecular complexity index is 888. The summed E-state index contributed by atoms with van der Waals surface area (Å²) in [6.07, 6.45) is 2.40. The fraction of sp³-hybridized carbons (Fsp3) is 0.500. The monoisotopic (exact) mass is 566 g/mol. The van der Waals surface area contributed by atoms with Crippen LogP contribution in [0, 0.1) is 0 Å². The van der Waals surface area contributed by atoms with Crippen molar-refractivity contribution in [1.29, 1.82) is 0 Å². The smallest absolute Gasteiger partial charge is 0.225 e. The molecule has 0 radical (unpaired) electrons. The summed E-state index contributed by atoms with van der Waals surface area (Å²) in [5, 5.41) is 15.2. The number of aliphatic hydroxyl groups is 1. The number of anilines is 1. The number of halogens is 1. The van der Waals surface area contributed by atoms with Gasteiger partial charge in [-0.05, 0) is 24.4 Å². The quantitative estimate of drug-likeness (QED) is 0.291. The van der Waals surface area contributed by atoms with Crippen LogP contribution in [0.2, 0.25) is 0 Å². The van der Waals surface area contributed by atoms with E-state index < -0.39 is 15.9 Å². The van der Waals surface area contributed by atoms with Gasteiger partial charge < -0.3 is 20.2 Å².